The molecule has 0 radical (unpaired) electrons. The summed E-state index contributed by atoms with van der Waals surface area (Å²) in [7, 11) is 0. The van der Waals surface area contributed by atoms with Crippen molar-refractivity contribution >= 4 is 22.3 Å². The minimum atomic E-state index is -4.46. The predicted molar refractivity (Wildman–Crippen MR) is 81.0 cm³/mol. The standard InChI is InChI=1S/C16H12F3N3/c17-16(18,19)13-4-2-1-3-11(13)14-7-9-5-6-10(20)8-12(9)15(21)22-14/h1-8H,20H2,(H2,21,22). The van der Waals surface area contributed by atoms with E-state index < -0.39 is 11.7 Å². The van der Waals surface area contributed by atoms with Gasteiger partial charge in [0.25, 0.3) is 0 Å². The van der Waals surface area contributed by atoms with E-state index in [-0.39, 0.29) is 17.1 Å². The highest BCUT2D eigenvalue weighted by atomic mass is 19.4. The first kappa shape index (κ1) is 14.2. The summed E-state index contributed by atoms with van der Waals surface area (Å²) in [5, 5.41) is 1.31. The van der Waals surface area contributed by atoms with Gasteiger partial charge in [-0.3, -0.25) is 0 Å². The third-order valence-corrected chi connectivity index (χ3v) is 3.39. The zero-order valence-electron chi connectivity index (χ0n) is 11.4. The van der Waals surface area contributed by atoms with Crippen molar-refractivity contribution < 1.29 is 13.2 Å². The lowest BCUT2D eigenvalue weighted by atomic mass is 10.0. The van der Waals surface area contributed by atoms with Crippen molar-refractivity contribution in [2.45, 2.75) is 6.18 Å². The highest BCUT2D eigenvalue weighted by molar-refractivity contribution is 5.95. The van der Waals surface area contributed by atoms with Gasteiger partial charge in [0.15, 0.2) is 0 Å². The normalized spacial score (nSPS) is 11.8. The third kappa shape index (κ3) is 2.43. The highest BCUT2D eigenvalue weighted by Crippen LogP contribution is 2.37. The molecular weight excluding hydrogens is 291 g/mol. The van der Waals surface area contributed by atoms with Crippen molar-refractivity contribution in [3.63, 3.8) is 0 Å². The molecule has 3 nitrogen and oxygen atoms in total. The number of fused-ring (bicyclic) bond motifs is 1. The van der Waals surface area contributed by atoms with Crippen LogP contribution in [0.3, 0.4) is 0 Å². The molecule has 4 N–H and O–H groups in total. The summed E-state index contributed by atoms with van der Waals surface area (Å²) >= 11 is 0. The van der Waals surface area contributed by atoms with Crippen LogP contribution in [0, 0.1) is 0 Å². The topological polar surface area (TPSA) is 64.9 Å². The largest absolute Gasteiger partial charge is 0.417 e. The molecule has 0 bridgehead atoms. The maximum atomic E-state index is 13.1. The molecule has 0 amide bonds. The fourth-order valence-corrected chi connectivity index (χ4v) is 2.38. The van der Waals surface area contributed by atoms with Gasteiger partial charge >= 0.3 is 6.18 Å². The molecule has 6 heteroatoms. The van der Waals surface area contributed by atoms with E-state index in [4.69, 9.17) is 11.5 Å². The molecule has 0 atom stereocenters. The number of aromatic nitrogens is 1. The van der Waals surface area contributed by atoms with Crippen LogP contribution in [0.1, 0.15) is 5.56 Å². The van der Waals surface area contributed by atoms with Crippen molar-refractivity contribution in [2.24, 2.45) is 0 Å². The minimum Gasteiger partial charge on any atom is -0.399 e. The average molecular weight is 303 g/mol. The second kappa shape index (κ2) is 4.91. The van der Waals surface area contributed by atoms with E-state index in [1.54, 1.807) is 24.3 Å². The summed E-state index contributed by atoms with van der Waals surface area (Å²) in [6.07, 6.45) is -4.46. The Bertz CT molecular complexity index is 857. The number of nitrogen functional groups attached to an aromatic ring is 2. The van der Waals surface area contributed by atoms with Crippen LogP contribution < -0.4 is 11.5 Å². The number of alkyl halides is 3. The van der Waals surface area contributed by atoms with E-state index in [1.807, 2.05) is 0 Å². The van der Waals surface area contributed by atoms with Gasteiger partial charge in [-0.15, -0.1) is 0 Å². The number of hydrogen-bond donors (Lipinski definition) is 2. The molecule has 0 unspecified atom stereocenters. The third-order valence-electron chi connectivity index (χ3n) is 3.39. The van der Waals surface area contributed by atoms with E-state index in [9.17, 15) is 13.2 Å². The maximum Gasteiger partial charge on any atom is 0.417 e. The molecule has 0 aliphatic rings. The van der Waals surface area contributed by atoms with Gasteiger partial charge in [0.1, 0.15) is 5.82 Å². The van der Waals surface area contributed by atoms with Gasteiger partial charge in [0.05, 0.1) is 11.3 Å². The second-order valence-electron chi connectivity index (χ2n) is 4.92. The number of anilines is 2. The lowest BCUT2D eigenvalue weighted by molar-refractivity contribution is -0.137. The number of rotatable bonds is 1. The second-order valence-corrected chi connectivity index (χ2v) is 4.92. The van der Waals surface area contributed by atoms with Crippen LogP contribution in [0.15, 0.2) is 48.5 Å². The van der Waals surface area contributed by atoms with Gasteiger partial charge in [-0.05, 0) is 29.7 Å². The summed E-state index contributed by atoms with van der Waals surface area (Å²) in [5.74, 6) is 0.150. The molecule has 112 valence electrons. The molecule has 0 saturated heterocycles. The number of nitrogens with zero attached hydrogens (tertiary/aromatic N) is 1. The van der Waals surface area contributed by atoms with Crippen molar-refractivity contribution in [3.05, 3.63) is 54.1 Å². The van der Waals surface area contributed by atoms with Crippen LogP contribution in [0.2, 0.25) is 0 Å². The molecule has 0 aliphatic heterocycles. The number of nitrogens with two attached hydrogens (primary N) is 2. The Morgan fingerprint density at radius 1 is 0.909 bits per heavy atom. The van der Waals surface area contributed by atoms with E-state index >= 15 is 0 Å². The Morgan fingerprint density at radius 2 is 1.64 bits per heavy atom. The number of benzene rings is 2. The van der Waals surface area contributed by atoms with Gasteiger partial charge < -0.3 is 11.5 Å². The predicted octanol–water partition coefficient (Wildman–Crippen LogP) is 4.09. The number of halogens is 3. The van der Waals surface area contributed by atoms with Crippen LogP contribution in [0.5, 0.6) is 0 Å². The van der Waals surface area contributed by atoms with Crippen molar-refractivity contribution in [2.75, 3.05) is 11.5 Å². The molecule has 0 saturated carbocycles. The van der Waals surface area contributed by atoms with E-state index in [0.717, 1.165) is 6.07 Å². The molecular formula is C16H12F3N3. The monoisotopic (exact) mass is 303 g/mol. The summed E-state index contributed by atoms with van der Waals surface area (Å²) in [6.45, 7) is 0. The van der Waals surface area contributed by atoms with Gasteiger partial charge in [0.2, 0.25) is 0 Å². The Labute approximate surface area is 124 Å². The zero-order valence-corrected chi connectivity index (χ0v) is 11.4. The molecule has 0 aliphatic carbocycles. The van der Waals surface area contributed by atoms with Crippen LogP contribution in [-0.2, 0) is 6.18 Å². The smallest absolute Gasteiger partial charge is 0.399 e. The molecule has 0 spiro atoms. The first-order chi connectivity index (χ1) is 10.4. The lowest BCUT2D eigenvalue weighted by Gasteiger charge is -2.13. The Balaban J connectivity index is 2.26. The van der Waals surface area contributed by atoms with Crippen LogP contribution in [0.25, 0.3) is 22.0 Å². The van der Waals surface area contributed by atoms with Crippen LogP contribution in [-0.4, -0.2) is 4.98 Å². The van der Waals surface area contributed by atoms with Crippen molar-refractivity contribution in [1.29, 1.82) is 0 Å². The van der Waals surface area contributed by atoms with E-state index in [1.165, 1.54) is 18.2 Å². The SMILES string of the molecule is Nc1ccc2cc(-c3ccccc3C(F)(F)F)nc(N)c2c1. The van der Waals surface area contributed by atoms with Crippen molar-refractivity contribution in [3.8, 4) is 11.3 Å². The summed E-state index contributed by atoms with van der Waals surface area (Å²) in [4.78, 5) is 4.11. The Morgan fingerprint density at radius 3 is 2.36 bits per heavy atom. The fourth-order valence-electron chi connectivity index (χ4n) is 2.38. The molecule has 0 fully saturated rings. The quantitative estimate of drug-likeness (QED) is 0.666. The molecule has 1 heterocycles. The van der Waals surface area contributed by atoms with E-state index in [0.29, 0.717) is 16.5 Å². The van der Waals surface area contributed by atoms with Gasteiger partial charge in [-0.1, -0.05) is 24.3 Å². The number of hydrogen-bond acceptors (Lipinski definition) is 3. The molecule has 2 aromatic carbocycles. The van der Waals surface area contributed by atoms with Gasteiger partial charge in [-0.25, -0.2) is 4.98 Å². The van der Waals surface area contributed by atoms with Crippen LogP contribution >= 0.6 is 0 Å². The lowest BCUT2D eigenvalue weighted by Crippen LogP contribution is -2.07. The number of pyridine rings is 1. The highest BCUT2D eigenvalue weighted by Gasteiger charge is 2.33. The summed E-state index contributed by atoms with van der Waals surface area (Å²) in [5.41, 5.74) is 11.5. The van der Waals surface area contributed by atoms with Gasteiger partial charge in [-0.2, -0.15) is 13.2 Å². The molecule has 1 aromatic heterocycles. The summed E-state index contributed by atoms with van der Waals surface area (Å²) < 4.78 is 39.4. The first-order valence-electron chi connectivity index (χ1n) is 6.48. The van der Waals surface area contributed by atoms with E-state index in [2.05, 4.69) is 4.98 Å². The fraction of sp³-hybridized carbons (Fsp3) is 0.0625. The average Bonchev–Trinajstić information content (AvgIpc) is 2.47. The molecule has 22 heavy (non-hydrogen) atoms. The Hall–Kier alpha value is -2.76. The van der Waals surface area contributed by atoms with Crippen LogP contribution in [0.4, 0.5) is 24.7 Å². The van der Waals surface area contributed by atoms with Gasteiger partial charge in [0, 0.05) is 16.6 Å². The summed E-state index contributed by atoms with van der Waals surface area (Å²) in [6, 6.07) is 11.9. The Kier molecular flexibility index (Phi) is 3.16. The molecule has 3 rings (SSSR count). The first-order valence-corrected chi connectivity index (χ1v) is 6.48. The zero-order chi connectivity index (χ0) is 15.9. The molecule has 3 aromatic rings. The van der Waals surface area contributed by atoms with Crippen molar-refractivity contribution in [1.82, 2.24) is 4.98 Å². The maximum absolute atomic E-state index is 13.1. The minimum absolute atomic E-state index is 0.000394.